The molecule has 16 nitrogen and oxygen atoms in total. The second kappa shape index (κ2) is 86.0. The number of aliphatic hydroxyl groups is 2. The van der Waals surface area contributed by atoms with E-state index >= 15 is 0 Å². The van der Waals surface area contributed by atoms with Crippen LogP contribution in [-0.4, -0.2) is 95.9 Å². The van der Waals surface area contributed by atoms with Gasteiger partial charge < -0.3 is 34.2 Å². The third-order valence-corrected chi connectivity index (χ3v) is 20.0. The molecule has 0 aliphatic rings. The monoisotopic (exact) mass is 1620 g/mol. The molecule has 0 aliphatic heterocycles. The first-order valence-corrected chi connectivity index (χ1v) is 47.1. The van der Waals surface area contributed by atoms with E-state index in [0.717, 1.165) is 193 Å². The molecular weight excluding hydrogens is 1460 g/mol. The van der Waals surface area contributed by atoms with Crippen LogP contribution in [0.3, 0.4) is 0 Å². The van der Waals surface area contributed by atoms with Gasteiger partial charge in [0.05, 0.1) is 26.4 Å². The number of hydrogen-bond donors (Lipinski definition) is 4. The standard InChI is InChI=1S/C95H158O16P2/c1-4-7-10-13-16-19-22-25-28-31-34-37-39-41-43-44-46-48-49-52-54-57-60-63-66-69-72-75-78-81-93(98)105-84-90(96)85-107-112(101,102)108-86-91(97)87-109-113(103,104)110-89-92(111-95(100)83-80-77-74-71-68-65-62-59-56-51-36-33-30-27-24-21-18-15-12-9-6-3)88-106-94(99)82-79-76-73-70-67-64-61-58-55-53-50-47-45-42-40-38-35-32-29-26-23-20-17-14-11-8-5-2/h7-8,10-11,16-21,25-30,34-38,41-43,45-46,48,51,59,62,90-92,96-97H,4-6,9,12-15,22-24,31-33,39-40,44,47,49-50,52-58,60-61,63-89H2,1-3H3,(H,101,102)(H,103,104)/b10-7-,11-8-,19-16-,20-17-,21-18-,28-25-,29-26-,30-27-,37-34-,38-35-,43-41-,45-42-,48-46-,51-36-,62-59-. The maximum absolute atomic E-state index is 13.1. The van der Waals surface area contributed by atoms with Gasteiger partial charge in [-0.15, -0.1) is 0 Å². The fraction of sp³-hybridized carbons (Fsp3) is 0.653. The Morgan fingerprint density at radius 3 is 0.743 bits per heavy atom. The van der Waals surface area contributed by atoms with Crippen LogP contribution in [0.5, 0.6) is 0 Å². The SMILES string of the molecule is CC/C=C\C/C=C\C/C=C\C/C=C\C/C=C\C/C=C\CCCCCCCCCCCCC(=O)OCC(O)COP(=O)(O)OCC(O)COP(=O)(O)OCC(COC(=O)CCCCCCCCCCCCC/C=C\C/C=C\C/C=C\C/C=C\C/C=C\CC)OC(=O)CCCCCCC/C=C\C/C=C\C/C=C\C/C=C\CCCCC. The first-order valence-electron chi connectivity index (χ1n) is 44.1. The van der Waals surface area contributed by atoms with Crippen LogP contribution in [-0.2, 0) is 55.8 Å². The number of esters is 3. The Bertz CT molecular complexity index is 2780. The molecule has 0 aliphatic carbocycles. The number of phosphoric acid groups is 2. The lowest BCUT2D eigenvalue weighted by atomic mass is 10.0. The second-order valence-corrected chi connectivity index (χ2v) is 31.8. The number of carbonyl (C=O) groups is 3. The topological polar surface area (TPSA) is 231 Å². The number of ether oxygens (including phenoxy) is 3. The van der Waals surface area contributed by atoms with Gasteiger partial charge in [0, 0.05) is 19.3 Å². The Hall–Kier alpha value is -5.35. The summed E-state index contributed by atoms with van der Waals surface area (Å²) in [4.78, 5) is 58.9. The van der Waals surface area contributed by atoms with Gasteiger partial charge in [-0.3, -0.25) is 32.5 Å². The third-order valence-electron chi connectivity index (χ3n) is 18.1. The predicted octanol–water partition coefficient (Wildman–Crippen LogP) is 26.9. The highest BCUT2D eigenvalue weighted by Crippen LogP contribution is 2.45. The molecule has 0 aromatic rings. The van der Waals surface area contributed by atoms with Gasteiger partial charge in [0.2, 0.25) is 0 Å². The molecule has 4 N–H and O–H groups in total. The minimum absolute atomic E-state index is 0.0776. The molecule has 0 aromatic carbocycles. The number of unbranched alkanes of at least 4 members (excludes halogenated alkanes) is 29. The highest BCUT2D eigenvalue weighted by molar-refractivity contribution is 7.47. The quantitative estimate of drug-likeness (QED) is 0.0146. The van der Waals surface area contributed by atoms with Crippen molar-refractivity contribution in [2.75, 3.05) is 39.6 Å². The van der Waals surface area contributed by atoms with Crippen LogP contribution in [0, 0.1) is 0 Å². The molecule has 5 atom stereocenters. The lowest BCUT2D eigenvalue weighted by molar-refractivity contribution is -0.161. The summed E-state index contributed by atoms with van der Waals surface area (Å²) in [6.07, 6.45) is 112. The van der Waals surface area contributed by atoms with E-state index in [4.69, 9.17) is 32.3 Å². The van der Waals surface area contributed by atoms with E-state index in [0.29, 0.717) is 19.3 Å². The van der Waals surface area contributed by atoms with Gasteiger partial charge in [-0.2, -0.15) is 0 Å². The van der Waals surface area contributed by atoms with E-state index in [9.17, 15) is 43.5 Å². The first-order chi connectivity index (χ1) is 55.2. The van der Waals surface area contributed by atoms with Gasteiger partial charge in [-0.05, 0) is 161 Å². The van der Waals surface area contributed by atoms with Crippen LogP contribution < -0.4 is 0 Å². The third kappa shape index (κ3) is 87.3. The number of aliphatic hydroxyl groups excluding tert-OH is 2. The molecule has 5 unspecified atom stereocenters. The molecule has 0 bridgehead atoms. The van der Waals surface area contributed by atoms with Crippen molar-refractivity contribution in [1.82, 2.24) is 0 Å². The van der Waals surface area contributed by atoms with E-state index in [-0.39, 0.29) is 19.3 Å². The van der Waals surface area contributed by atoms with Crippen LogP contribution in [0.25, 0.3) is 0 Å². The zero-order chi connectivity index (χ0) is 82.2. The van der Waals surface area contributed by atoms with Crippen LogP contribution in [0.1, 0.15) is 342 Å². The molecule has 18 heteroatoms. The van der Waals surface area contributed by atoms with Crippen molar-refractivity contribution in [2.45, 2.75) is 360 Å². The second-order valence-electron chi connectivity index (χ2n) is 28.9. The van der Waals surface area contributed by atoms with E-state index in [2.05, 4.69) is 203 Å². The van der Waals surface area contributed by atoms with Crippen LogP contribution in [0.15, 0.2) is 182 Å². The zero-order valence-corrected chi connectivity index (χ0v) is 72.5. The highest BCUT2D eigenvalue weighted by atomic mass is 31.2. The molecule has 644 valence electrons. The van der Waals surface area contributed by atoms with Gasteiger partial charge in [-0.1, -0.05) is 344 Å². The van der Waals surface area contributed by atoms with Crippen LogP contribution in [0.2, 0.25) is 0 Å². The fourth-order valence-electron chi connectivity index (χ4n) is 11.5. The summed E-state index contributed by atoms with van der Waals surface area (Å²) < 4.78 is 61.4. The Kier molecular flexibility index (Phi) is 81.9. The van der Waals surface area contributed by atoms with E-state index in [1.165, 1.54) is 89.9 Å². The summed E-state index contributed by atoms with van der Waals surface area (Å²) in [6, 6.07) is 0. The molecule has 0 amide bonds. The number of allylic oxidation sites excluding steroid dienone is 30. The van der Waals surface area contributed by atoms with Gasteiger partial charge in [0.1, 0.15) is 25.4 Å². The number of carbonyl (C=O) groups excluding carboxylic acids is 3. The number of phosphoric ester groups is 2. The van der Waals surface area contributed by atoms with Crippen molar-refractivity contribution >= 4 is 33.6 Å². The van der Waals surface area contributed by atoms with E-state index in [1.807, 2.05) is 0 Å². The number of rotatable bonds is 82. The molecule has 113 heavy (non-hydrogen) atoms. The van der Waals surface area contributed by atoms with Gasteiger partial charge >= 0.3 is 33.6 Å². The maximum Gasteiger partial charge on any atom is 0.472 e. The van der Waals surface area contributed by atoms with E-state index < -0.39 is 91.5 Å². The Balaban J connectivity index is 4.66. The summed E-state index contributed by atoms with van der Waals surface area (Å²) in [6.45, 7) is 2.41. The van der Waals surface area contributed by atoms with Crippen LogP contribution in [0.4, 0.5) is 0 Å². The summed E-state index contributed by atoms with van der Waals surface area (Å²) in [7, 11) is -9.82. The maximum atomic E-state index is 13.1. The molecule has 0 radical (unpaired) electrons. The normalized spacial score (nSPS) is 14.7. The Morgan fingerprint density at radius 1 is 0.257 bits per heavy atom. The lowest BCUT2D eigenvalue weighted by Gasteiger charge is -2.21. The molecular formula is C95H158O16P2. The molecule has 0 saturated heterocycles. The minimum atomic E-state index is -4.95. The molecule has 0 spiro atoms. The smallest absolute Gasteiger partial charge is 0.463 e. The van der Waals surface area contributed by atoms with Crippen molar-refractivity contribution < 1.29 is 75.8 Å². The first kappa shape index (κ1) is 108. The van der Waals surface area contributed by atoms with Gasteiger partial charge in [-0.25, -0.2) is 9.13 Å². The molecule has 0 rings (SSSR count). The zero-order valence-electron chi connectivity index (χ0n) is 70.7. The summed E-state index contributed by atoms with van der Waals surface area (Å²) in [5.74, 6) is -1.60. The predicted molar refractivity (Wildman–Crippen MR) is 472 cm³/mol. The fourth-order valence-corrected chi connectivity index (χ4v) is 13.1. The summed E-state index contributed by atoms with van der Waals surface area (Å²) >= 11 is 0. The summed E-state index contributed by atoms with van der Waals surface area (Å²) in [5, 5.41) is 20.7. The molecule has 0 fully saturated rings. The van der Waals surface area contributed by atoms with Gasteiger partial charge in [0.25, 0.3) is 0 Å². The molecule has 0 heterocycles. The number of hydrogen-bond acceptors (Lipinski definition) is 14. The van der Waals surface area contributed by atoms with Crippen molar-refractivity contribution in [2.24, 2.45) is 0 Å². The largest absolute Gasteiger partial charge is 0.472 e. The van der Waals surface area contributed by atoms with Crippen molar-refractivity contribution in [3.8, 4) is 0 Å². The van der Waals surface area contributed by atoms with Crippen molar-refractivity contribution in [3.05, 3.63) is 182 Å². The van der Waals surface area contributed by atoms with Crippen LogP contribution >= 0.6 is 15.6 Å². The van der Waals surface area contributed by atoms with Crippen molar-refractivity contribution in [3.63, 3.8) is 0 Å². The van der Waals surface area contributed by atoms with E-state index in [1.54, 1.807) is 0 Å². The average molecular weight is 1620 g/mol. The Labute approximate surface area is 687 Å². The molecule has 0 saturated carbocycles. The summed E-state index contributed by atoms with van der Waals surface area (Å²) in [5.41, 5.74) is 0. The lowest BCUT2D eigenvalue weighted by Crippen LogP contribution is -2.30. The van der Waals surface area contributed by atoms with Gasteiger partial charge in [0.15, 0.2) is 6.10 Å². The molecule has 0 aromatic heterocycles. The van der Waals surface area contributed by atoms with Crippen molar-refractivity contribution in [1.29, 1.82) is 0 Å². The average Bonchev–Trinajstić information content (AvgIpc) is 0.903. The highest BCUT2D eigenvalue weighted by Gasteiger charge is 2.29. The Morgan fingerprint density at radius 2 is 0.469 bits per heavy atom. The minimum Gasteiger partial charge on any atom is -0.463 e.